The Morgan fingerprint density at radius 3 is 2.56 bits per heavy atom. The molecule has 3 N–H and O–H groups in total. The lowest BCUT2D eigenvalue weighted by molar-refractivity contribution is 0.166. The number of ether oxygens (including phenoxy) is 1. The van der Waals surface area contributed by atoms with Crippen LogP contribution in [-0.4, -0.2) is 37.2 Å². The average molecular weight is 339 g/mol. The van der Waals surface area contributed by atoms with E-state index in [2.05, 4.69) is 17.4 Å². The van der Waals surface area contributed by atoms with Crippen molar-refractivity contribution in [3.05, 3.63) is 60.2 Å². The number of piperidine rings is 1. The Balaban J connectivity index is 1.61. The fourth-order valence-corrected chi connectivity index (χ4v) is 3.38. The Morgan fingerprint density at radius 1 is 1.16 bits per heavy atom. The average Bonchev–Trinajstić information content (AvgIpc) is 2.63. The molecular weight excluding hydrogens is 314 g/mol. The van der Waals surface area contributed by atoms with Gasteiger partial charge in [-0.2, -0.15) is 0 Å². The summed E-state index contributed by atoms with van der Waals surface area (Å²) in [6, 6.07) is 17.5. The standard InChI is InChI=1S/C20H25N3O2/c1-25-19-9-7-15(8-10-19)11-16-12-17(21)14-23(13-16)20(24)22-18-5-3-2-4-6-18/h2-10,16-17H,11-14,21H2,1H3,(H,22,24). The molecule has 3 rings (SSSR count). The molecule has 0 saturated carbocycles. The van der Waals surface area contributed by atoms with Gasteiger partial charge in [0.1, 0.15) is 5.75 Å². The van der Waals surface area contributed by atoms with Gasteiger partial charge in [0.2, 0.25) is 0 Å². The number of benzene rings is 2. The fraction of sp³-hybridized carbons (Fsp3) is 0.350. The predicted octanol–water partition coefficient (Wildman–Crippen LogP) is 3.12. The lowest BCUT2D eigenvalue weighted by Crippen LogP contribution is -2.51. The minimum atomic E-state index is -0.0823. The summed E-state index contributed by atoms with van der Waals surface area (Å²) >= 11 is 0. The van der Waals surface area contributed by atoms with E-state index in [9.17, 15) is 4.79 Å². The van der Waals surface area contributed by atoms with Gasteiger partial charge < -0.3 is 20.7 Å². The normalized spacial score (nSPS) is 20.2. The molecule has 0 spiro atoms. The number of nitrogens with two attached hydrogens (primary N) is 1. The van der Waals surface area contributed by atoms with Crippen LogP contribution in [0.25, 0.3) is 0 Å². The molecular formula is C20H25N3O2. The largest absolute Gasteiger partial charge is 0.497 e. The van der Waals surface area contributed by atoms with Gasteiger partial charge in [0.05, 0.1) is 7.11 Å². The smallest absolute Gasteiger partial charge is 0.321 e. The number of nitrogens with zero attached hydrogens (tertiary/aromatic N) is 1. The van der Waals surface area contributed by atoms with Crippen LogP contribution in [-0.2, 0) is 6.42 Å². The molecule has 2 aromatic rings. The molecule has 0 bridgehead atoms. The Bertz CT molecular complexity index is 688. The van der Waals surface area contributed by atoms with Crippen molar-refractivity contribution >= 4 is 11.7 Å². The summed E-state index contributed by atoms with van der Waals surface area (Å²) in [5, 5.41) is 2.95. The van der Waals surface area contributed by atoms with Gasteiger partial charge in [0, 0.05) is 24.8 Å². The third kappa shape index (κ3) is 4.73. The minimum absolute atomic E-state index is 0.0125. The highest BCUT2D eigenvalue weighted by Crippen LogP contribution is 2.22. The molecule has 5 nitrogen and oxygen atoms in total. The van der Waals surface area contributed by atoms with Crippen molar-refractivity contribution in [3.8, 4) is 5.75 Å². The van der Waals surface area contributed by atoms with E-state index in [0.29, 0.717) is 12.5 Å². The third-order valence-electron chi connectivity index (χ3n) is 4.57. The van der Waals surface area contributed by atoms with Crippen LogP contribution in [0, 0.1) is 5.92 Å². The molecule has 1 saturated heterocycles. The Hall–Kier alpha value is -2.53. The van der Waals surface area contributed by atoms with E-state index < -0.39 is 0 Å². The number of rotatable bonds is 4. The van der Waals surface area contributed by atoms with Crippen LogP contribution in [0.2, 0.25) is 0 Å². The molecule has 2 amide bonds. The highest BCUT2D eigenvalue weighted by atomic mass is 16.5. The molecule has 1 aliphatic rings. The van der Waals surface area contributed by atoms with Gasteiger partial charge in [-0.1, -0.05) is 30.3 Å². The zero-order valence-corrected chi connectivity index (χ0v) is 14.5. The first-order valence-electron chi connectivity index (χ1n) is 8.63. The molecule has 1 fully saturated rings. The van der Waals surface area contributed by atoms with Crippen molar-refractivity contribution in [3.63, 3.8) is 0 Å². The summed E-state index contributed by atoms with van der Waals surface area (Å²) in [6.07, 6.45) is 1.84. The first-order chi connectivity index (χ1) is 12.1. The van der Waals surface area contributed by atoms with Gasteiger partial charge >= 0.3 is 6.03 Å². The van der Waals surface area contributed by atoms with Crippen molar-refractivity contribution in [2.24, 2.45) is 11.7 Å². The van der Waals surface area contributed by atoms with Crippen molar-refractivity contribution in [2.45, 2.75) is 18.9 Å². The van der Waals surface area contributed by atoms with Crippen LogP contribution in [0.3, 0.4) is 0 Å². The van der Waals surface area contributed by atoms with Crippen molar-refractivity contribution in [1.82, 2.24) is 4.90 Å². The summed E-state index contributed by atoms with van der Waals surface area (Å²) in [5.41, 5.74) is 8.25. The molecule has 132 valence electrons. The zero-order chi connectivity index (χ0) is 17.6. The second-order valence-electron chi connectivity index (χ2n) is 6.62. The second-order valence-corrected chi connectivity index (χ2v) is 6.62. The van der Waals surface area contributed by atoms with Crippen molar-refractivity contribution < 1.29 is 9.53 Å². The maximum absolute atomic E-state index is 12.5. The molecule has 25 heavy (non-hydrogen) atoms. The number of urea groups is 1. The number of nitrogens with one attached hydrogen (secondary N) is 1. The number of carbonyl (C=O) groups excluding carboxylic acids is 1. The Labute approximate surface area is 148 Å². The van der Waals surface area contributed by atoms with Gasteiger partial charge in [0.25, 0.3) is 0 Å². The summed E-state index contributed by atoms with van der Waals surface area (Å²) in [7, 11) is 1.67. The summed E-state index contributed by atoms with van der Waals surface area (Å²) in [6.45, 7) is 1.32. The number of anilines is 1. The van der Waals surface area contributed by atoms with Gasteiger partial charge in [-0.25, -0.2) is 4.79 Å². The van der Waals surface area contributed by atoms with Crippen LogP contribution in [0.1, 0.15) is 12.0 Å². The highest BCUT2D eigenvalue weighted by molar-refractivity contribution is 5.89. The van der Waals surface area contributed by atoms with E-state index in [1.807, 2.05) is 47.4 Å². The zero-order valence-electron chi connectivity index (χ0n) is 14.5. The number of hydrogen-bond acceptors (Lipinski definition) is 3. The van der Waals surface area contributed by atoms with E-state index in [0.717, 1.165) is 30.8 Å². The molecule has 0 radical (unpaired) electrons. The van der Waals surface area contributed by atoms with Crippen LogP contribution < -0.4 is 15.8 Å². The van der Waals surface area contributed by atoms with Crippen LogP contribution in [0.5, 0.6) is 5.75 Å². The SMILES string of the molecule is COc1ccc(CC2CC(N)CN(C(=O)Nc3ccccc3)C2)cc1. The number of amides is 2. The van der Waals surface area contributed by atoms with Crippen molar-refractivity contribution in [1.29, 1.82) is 0 Å². The Morgan fingerprint density at radius 2 is 1.88 bits per heavy atom. The van der Waals surface area contributed by atoms with Gasteiger partial charge in [-0.05, 0) is 48.6 Å². The van der Waals surface area contributed by atoms with Crippen LogP contribution in [0.4, 0.5) is 10.5 Å². The number of carbonyl (C=O) groups is 1. The topological polar surface area (TPSA) is 67.6 Å². The second kappa shape index (κ2) is 8.03. The fourth-order valence-electron chi connectivity index (χ4n) is 3.38. The number of likely N-dealkylation sites (tertiary alicyclic amines) is 1. The predicted molar refractivity (Wildman–Crippen MR) is 99.8 cm³/mol. The highest BCUT2D eigenvalue weighted by Gasteiger charge is 2.28. The maximum Gasteiger partial charge on any atom is 0.321 e. The van der Waals surface area contributed by atoms with E-state index in [4.69, 9.17) is 10.5 Å². The lowest BCUT2D eigenvalue weighted by Gasteiger charge is -2.36. The first kappa shape index (κ1) is 17.3. The van der Waals surface area contributed by atoms with Crippen LogP contribution >= 0.6 is 0 Å². The van der Waals surface area contributed by atoms with Crippen molar-refractivity contribution in [2.75, 3.05) is 25.5 Å². The van der Waals surface area contributed by atoms with E-state index in [1.54, 1.807) is 7.11 Å². The Kier molecular flexibility index (Phi) is 5.56. The van der Waals surface area contributed by atoms with Gasteiger partial charge in [-0.15, -0.1) is 0 Å². The molecule has 5 heteroatoms. The number of para-hydroxylation sites is 1. The molecule has 1 aliphatic heterocycles. The summed E-state index contributed by atoms with van der Waals surface area (Å²) in [4.78, 5) is 14.4. The molecule has 2 unspecified atom stereocenters. The van der Waals surface area contributed by atoms with Crippen LogP contribution in [0.15, 0.2) is 54.6 Å². The monoisotopic (exact) mass is 339 g/mol. The number of methoxy groups -OCH3 is 1. The molecule has 0 aliphatic carbocycles. The van der Waals surface area contributed by atoms with Gasteiger partial charge in [0.15, 0.2) is 0 Å². The molecule has 2 aromatic carbocycles. The third-order valence-corrected chi connectivity index (χ3v) is 4.57. The molecule has 0 aromatic heterocycles. The molecule has 1 heterocycles. The summed E-state index contributed by atoms with van der Waals surface area (Å²) < 4.78 is 5.20. The first-order valence-corrected chi connectivity index (χ1v) is 8.63. The van der Waals surface area contributed by atoms with E-state index in [-0.39, 0.29) is 12.1 Å². The van der Waals surface area contributed by atoms with E-state index >= 15 is 0 Å². The van der Waals surface area contributed by atoms with E-state index in [1.165, 1.54) is 5.56 Å². The maximum atomic E-state index is 12.5. The lowest BCUT2D eigenvalue weighted by atomic mass is 9.89. The number of hydrogen-bond donors (Lipinski definition) is 2. The summed E-state index contributed by atoms with van der Waals surface area (Å²) in [5.74, 6) is 1.21. The van der Waals surface area contributed by atoms with Gasteiger partial charge in [-0.3, -0.25) is 0 Å². The molecule has 2 atom stereocenters. The minimum Gasteiger partial charge on any atom is -0.497 e. The quantitative estimate of drug-likeness (QED) is 0.899.